The van der Waals surface area contributed by atoms with Gasteiger partial charge in [0.15, 0.2) is 12.4 Å². The second-order valence-corrected chi connectivity index (χ2v) is 6.33. The third-order valence-corrected chi connectivity index (χ3v) is 4.64. The quantitative estimate of drug-likeness (QED) is 0.418. The van der Waals surface area contributed by atoms with Crippen LogP contribution in [0.4, 0.5) is 0 Å². The molecular weight excluding hydrogens is 371 g/mol. The van der Waals surface area contributed by atoms with Crippen LogP contribution in [0.5, 0.6) is 0 Å². The van der Waals surface area contributed by atoms with Gasteiger partial charge in [-0.3, -0.25) is 4.79 Å². The highest BCUT2D eigenvalue weighted by Crippen LogP contribution is 2.26. The minimum atomic E-state index is -0.688. The van der Waals surface area contributed by atoms with Crippen molar-refractivity contribution in [2.45, 2.75) is 0 Å². The fourth-order valence-corrected chi connectivity index (χ4v) is 2.81. The van der Waals surface area contributed by atoms with Gasteiger partial charge in [-0.15, -0.1) is 0 Å². The molecule has 0 radical (unpaired) electrons. The lowest BCUT2D eigenvalue weighted by Gasteiger charge is -2.07. The number of ether oxygens (including phenoxy) is 1. The Morgan fingerprint density at radius 1 is 0.769 bits per heavy atom. The molecule has 5 heteroatoms. The molecule has 3 aromatic carbocycles. The van der Waals surface area contributed by atoms with Gasteiger partial charge >= 0.3 is 5.97 Å². The normalized spacial score (nSPS) is 10.4. The zero-order valence-corrected chi connectivity index (χ0v) is 15.1. The molecule has 26 heavy (non-hydrogen) atoms. The maximum Gasteiger partial charge on any atom is 0.340 e. The van der Waals surface area contributed by atoms with Gasteiger partial charge in [-0.05, 0) is 23.3 Å². The third-order valence-electron chi connectivity index (χ3n) is 3.82. The van der Waals surface area contributed by atoms with Crippen molar-refractivity contribution in [1.82, 2.24) is 0 Å². The third kappa shape index (κ3) is 4.13. The van der Waals surface area contributed by atoms with E-state index in [1.165, 1.54) is 6.07 Å². The van der Waals surface area contributed by atoms with Crippen molar-refractivity contribution in [1.29, 1.82) is 0 Å². The van der Waals surface area contributed by atoms with Crippen molar-refractivity contribution in [3.63, 3.8) is 0 Å². The Hall–Kier alpha value is -2.62. The van der Waals surface area contributed by atoms with Crippen LogP contribution in [-0.2, 0) is 4.74 Å². The summed E-state index contributed by atoms with van der Waals surface area (Å²) >= 11 is 11.9. The maximum atomic E-state index is 12.2. The van der Waals surface area contributed by atoms with Crippen LogP contribution >= 0.6 is 23.2 Å². The van der Waals surface area contributed by atoms with E-state index in [-0.39, 0.29) is 28.0 Å². The first-order valence-corrected chi connectivity index (χ1v) is 8.61. The first-order valence-electron chi connectivity index (χ1n) is 7.86. The van der Waals surface area contributed by atoms with E-state index >= 15 is 0 Å². The van der Waals surface area contributed by atoms with Crippen LogP contribution < -0.4 is 0 Å². The van der Waals surface area contributed by atoms with E-state index in [2.05, 4.69) is 0 Å². The largest absolute Gasteiger partial charge is 0.454 e. The van der Waals surface area contributed by atoms with Gasteiger partial charge < -0.3 is 4.74 Å². The van der Waals surface area contributed by atoms with Gasteiger partial charge in [0.1, 0.15) is 0 Å². The second-order valence-electron chi connectivity index (χ2n) is 5.54. The summed E-state index contributed by atoms with van der Waals surface area (Å²) in [6.07, 6.45) is 0. The van der Waals surface area contributed by atoms with Crippen molar-refractivity contribution in [2.75, 3.05) is 6.61 Å². The summed E-state index contributed by atoms with van der Waals surface area (Å²) in [4.78, 5) is 24.3. The van der Waals surface area contributed by atoms with Crippen LogP contribution in [0.3, 0.4) is 0 Å². The van der Waals surface area contributed by atoms with E-state index in [1.54, 1.807) is 24.3 Å². The molecule has 0 amide bonds. The molecule has 0 aliphatic heterocycles. The van der Waals surface area contributed by atoms with Gasteiger partial charge in [0.25, 0.3) is 0 Å². The Kier molecular flexibility index (Phi) is 5.71. The minimum absolute atomic E-state index is 0.110. The lowest BCUT2D eigenvalue weighted by molar-refractivity contribution is 0.0475. The predicted molar refractivity (Wildman–Crippen MR) is 103 cm³/mol. The van der Waals surface area contributed by atoms with Crippen molar-refractivity contribution < 1.29 is 14.3 Å². The molecule has 3 rings (SSSR count). The molecule has 0 saturated heterocycles. The van der Waals surface area contributed by atoms with Crippen LogP contribution in [0.15, 0.2) is 72.8 Å². The molecule has 0 bridgehead atoms. The van der Waals surface area contributed by atoms with E-state index < -0.39 is 5.97 Å². The van der Waals surface area contributed by atoms with Crippen molar-refractivity contribution >= 4 is 35.0 Å². The molecular formula is C21H14Cl2O3. The van der Waals surface area contributed by atoms with Gasteiger partial charge in [0.2, 0.25) is 0 Å². The monoisotopic (exact) mass is 384 g/mol. The lowest BCUT2D eigenvalue weighted by Crippen LogP contribution is -2.14. The standard InChI is InChI=1S/C21H14Cl2O3/c22-18-8-4-7-17(20(18)23)21(25)26-13-19(24)16-11-9-15(10-12-16)14-5-2-1-3-6-14/h1-12H,13H2. The molecule has 0 saturated carbocycles. The summed E-state index contributed by atoms with van der Waals surface area (Å²) in [5, 5.41) is 0.364. The number of rotatable bonds is 5. The average Bonchev–Trinajstić information content (AvgIpc) is 2.69. The van der Waals surface area contributed by atoms with E-state index in [1.807, 2.05) is 42.5 Å². The van der Waals surface area contributed by atoms with E-state index in [0.29, 0.717) is 5.56 Å². The number of carbonyl (C=O) groups excluding carboxylic acids is 2. The van der Waals surface area contributed by atoms with E-state index in [4.69, 9.17) is 27.9 Å². The topological polar surface area (TPSA) is 43.4 Å². The molecule has 130 valence electrons. The predicted octanol–water partition coefficient (Wildman–Crippen LogP) is 5.70. The Balaban J connectivity index is 1.65. The molecule has 3 nitrogen and oxygen atoms in total. The first-order chi connectivity index (χ1) is 12.6. The Morgan fingerprint density at radius 3 is 2.12 bits per heavy atom. The Morgan fingerprint density at radius 2 is 1.42 bits per heavy atom. The smallest absolute Gasteiger partial charge is 0.340 e. The SMILES string of the molecule is O=C(COC(=O)c1cccc(Cl)c1Cl)c1ccc(-c2ccccc2)cc1. The molecule has 0 atom stereocenters. The highest BCUT2D eigenvalue weighted by molar-refractivity contribution is 6.43. The maximum absolute atomic E-state index is 12.2. The fourth-order valence-electron chi connectivity index (χ4n) is 2.43. The van der Waals surface area contributed by atoms with Crippen LogP contribution in [0.25, 0.3) is 11.1 Å². The molecule has 0 spiro atoms. The zero-order chi connectivity index (χ0) is 18.5. The molecule has 0 heterocycles. The summed E-state index contributed by atoms with van der Waals surface area (Å²) in [5.41, 5.74) is 2.67. The summed E-state index contributed by atoms with van der Waals surface area (Å²) in [5.74, 6) is -0.983. The van der Waals surface area contributed by atoms with Crippen LogP contribution in [0.2, 0.25) is 10.0 Å². The fraction of sp³-hybridized carbons (Fsp3) is 0.0476. The lowest BCUT2D eigenvalue weighted by atomic mass is 10.0. The number of benzene rings is 3. The van der Waals surface area contributed by atoms with Crippen LogP contribution in [-0.4, -0.2) is 18.4 Å². The Bertz CT molecular complexity index is 935. The number of carbonyl (C=O) groups is 2. The van der Waals surface area contributed by atoms with Crippen LogP contribution in [0.1, 0.15) is 20.7 Å². The molecule has 0 unspecified atom stereocenters. The van der Waals surface area contributed by atoms with Crippen LogP contribution in [0, 0.1) is 0 Å². The summed E-state index contributed by atoms with van der Waals surface area (Å²) in [7, 11) is 0. The highest BCUT2D eigenvalue weighted by Gasteiger charge is 2.16. The number of esters is 1. The van der Waals surface area contributed by atoms with Gasteiger partial charge in [-0.1, -0.05) is 83.9 Å². The summed E-state index contributed by atoms with van der Waals surface area (Å²) in [6.45, 7) is -0.369. The molecule has 3 aromatic rings. The van der Waals surface area contributed by atoms with Gasteiger partial charge in [-0.2, -0.15) is 0 Å². The Labute approximate surface area is 161 Å². The first kappa shape index (κ1) is 18.2. The molecule has 0 N–H and O–H groups in total. The molecule has 0 fully saturated rings. The average molecular weight is 385 g/mol. The molecule has 0 aliphatic rings. The number of halogens is 2. The van der Waals surface area contributed by atoms with E-state index in [9.17, 15) is 9.59 Å². The second kappa shape index (κ2) is 8.17. The number of hydrogen-bond acceptors (Lipinski definition) is 3. The minimum Gasteiger partial charge on any atom is -0.454 e. The molecule has 0 aromatic heterocycles. The summed E-state index contributed by atoms with van der Waals surface area (Å²) < 4.78 is 5.06. The van der Waals surface area contributed by atoms with Crippen molar-refractivity contribution in [2.24, 2.45) is 0 Å². The van der Waals surface area contributed by atoms with Gasteiger partial charge in [0, 0.05) is 5.56 Å². The van der Waals surface area contributed by atoms with Gasteiger partial charge in [0.05, 0.1) is 15.6 Å². The zero-order valence-electron chi connectivity index (χ0n) is 13.6. The van der Waals surface area contributed by atoms with Crippen molar-refractivity contribution in [3.8, 4) is 11.1 Å². The number of ketones is 1. The summed E-state index contributed by atoms with van der Waals surface area (Å²) in [6, 6.07) is 21.6. The van der Waals surface area contributed by atoms with Gasteiger partial charge in [-0.25, -0.2) is 4.79 Å². The van der Waals surface area contributed by atoms with E-state index in [0.717, 1.165) is 11.1 Å². The highest BCUT2D eigenvalue weighted by atomic mass is 35.5. The van der Waals surface area contributed by atoms with Crippen molar-refractivity contribution in [3.05, 3.63) is 94.0 Å². The number of Topliss-reactive ketones (excluding diaryl/α,β-unsaturated/α-hetero) is 1. The number of hydrogen-bond donors (Lipinski definition) is 0. The molecule has 0 aliphatic carbocycles.